The molecule has 0 unspecified atom stereocenters. The normalized spacial score (nSPS) is 21.8. The van der Waals surface area contributed by atoms with Gasteiger partial charge in [-0.05, 0) is 12.8 Å². The van der Waals surface area contributed by atoms with E-state index >= 15 is 0 Å². The number of likely N-dealkylation sites (tertiary alicyclic amines) is 1. The molecule has 1 atom stereocenters. The Morgan fingerprint density at radius 1 is 1.92 bits per heavy atom. The van der Waals surface area contributed by atoms with Crippen LogP contribution in [-0.2, 0) is 9.59 Å². The topological polar surface area (TPSA) is 63.4 Å². The fraction of sp³-hybridized carbons (Fsp3) is 0.750. The van der Waals surface area contributed by atoms with Gasteiger partial charge in [-0.2, -0.15) is 0 Å². The summed E-state index contributed by atoms with van der Waals surface area (Å²) in [4.78, 5) is 24.2. The first kappa shape index (κ1) is 6.46. The van der Waals surface area contributed by atoms with Crippen molar-refractivity contribution >= 4 is 11.8 Å². The van der Waals surface area contributed by atoms with Crippen LogP contribution in [0, 0.1) is 0 Å². The third-order valence-corrected chi connectivity index (χ3v) is 2.16. The highest BCUT2D eigenvalue weighted by Crippen LogP contribution is 2.15. The first-order valence-corrected chi connectivity index (χ1v) is 4.19. The molecule has 1 aliphatic heterocycles. The summed E-state index contributed by atoms with van der Waals surface area (Å²) in [5.74, 6) is -0.685. The van der Waals surface area contributed by atoms with Gasteiger partial charge in [-0.15, -0.1) is 0 Å². The van der Waals surface area contributed by atoms with Crippen molar-refractivity contribution in [2.24, 2.45) is 5.72 Å². The Morgan fingerprint density at radius 2 is 2.67 bits per heavy atom. The van der Waals surface area contributed by atoms with Crippen molar-refractivity contribution in [3.8, 4) is 0 Å². The van der Waals surface area contributed by atoms with Gasteiger partial charge in [0.05, 0.1) is 0 Å². The summed E-state index contributed by atoms with van der Waals surface area (Å²) >= 11 is 0. The van der Waals surface area contributed by atoms with E-state index in [1.54, 1.807) is 6.92 Å². The van der Waals surface area contributed by atoms with E-state index in [-0.39, 0.29) is 11.6 Å². The molecule has 4 heteroatoms. The van der Waals surface area contributed by atoms with Crippen molar-refractivity contribution in [3.63, 3.8) is 0 Å². The fourth-order valence-electron chi connectivity index (χ4n) is 1.53. The number of nitrogens with zero attached hydrogens (tertiary/aromatic N) is 1. The SMILES string of the molecule is [2H]N([2H])C(=O)[C@H](CC)N1CCCC1=O. The van der Waals surface area contributed by atoms with Gasteiger partial charge in [0.25, 0.3) is 0 Å². The molecule has 0 radical (unpaired) electrons. The second-order valence-corrected chi connectivity index (χ2v) is 2.95. The van der Waals surface area contributed by atoms with E-state index < -0.39 is 11.9 Å². The van der Waals surface area contributed by atoms with E-state index in [2.05, 4.69) is 0 Å². The van der Waals surface area contributed by atoms with Crippen LogP contribution >= 0.6 is 0 Å². The molecule has 1 rings (SSSR count). The van der Waals surface area contributed by atoms with Gasteiger partial charge in [-0.3, -0.25) is 9.59 Å². The van der Waals surface area contributed by atoms with E-state index in [0.717, 1.165) is 6.42 Å². The van der Waals surface area contributed by atoms with E-state index in [0.29, 0.717) is 19.4 Å². The first-order chi connectivity index (χ1) is 6.57. The fourth-order valence-corrected chi connectivity index (χ4v) is 1.53. The molecule has 1 heterocycles. The molecule has 12 heavy (non-hydrogen) atoms. The van der Waals surface area contributed by atoms with Gasteiger partial charge < -0.3 is 10.6 Å². The number of hydrogen-bond acceptors (Lipinski definition) is 2. The number of primary amides is 1. The number of nitrogens with two attached hydrogens (primary N) is 1. The second kappa shape index (κ2) is 3.56. The van der Waals surface area contributed by atoms with Crippen LogP contribution in [-0.4, -0.2) is 29.3 Å². The molecule has 0 aromatic carbocycles. The predicted octanol–water partition coefficient (Wildman–Crippen LogP) is -0.127. The summed E-state index contributed by atoms with van der Waals surface area (Å²) < 4.78 is 13.7. The Labute approximate surface area is 74.6 Å². The molecule has 0 spiro atoms. The quantitative estimate of drug-likeness (QED) is 0.644. The van der Waals surface area contributed by atoms with Crippen LogP contribution < -0.4 is 5.72 Å². The van der Waals surface area contributed by atoms with E-state index in [4.69, 9.17) is 2.82 Å². The molecule has 0 aromatic rings. The number of rotatable bonds is 3. The zero-order valence-electron chi connectivity index (χ0n) is 9.12. The van der Waals surface area contributed by atoms with Crippen LogP contribution in [0.3, 0.4) is 0 Å². The standard InChI is InChI=1S/C8H14N2O2/c1-2-6(8(9)12)10-5-3-4-7(10)11/h6H,2-5H2,1H3,(H2,9,12)/t6-/m0/s1/i/hD2. The Hall–Kier alpha value is -1.06. The third-order valence-electron chi connectivity index (χ3n) is 2.16. The third kappa shape index (κ3) is 1.57. The monoisotopic (exact) mass is 172 g/mol. The molecule has 68 valence electrons. The molecular formula is C8H14N2O2. The zero-order valence-corrected chi connectivity index (χ0v) is 7.12. The Balaban J connectivity index is 2.70. The van der Waals surface area contributed by atoms with Crippen LogP contribution in [0.4, 0.5) is 0 Å². The van der Waals surface area contributed by atoms with E-state index in [1.807, 2.05) is 0 Å². The predicted molar refractivity (Wildman–Crippen MR) is 44.2 cm³/mol. The summed E-state index contributed by atoms with van der Waals surface area (Å²) in [5, 5.41) is 0. The highest BCUT2D eigenvalue weighted by atomic mass is 16.2. The van der Waals surface area contributed by atoms with Crippen molar-refractivity contribution in [2.75, 3.05) is 6.54 Å². The lowest BCUT2D eigenvalue weighted by Gasteiger charge is -2.23. The number of carbonyl (C=O) groups is 2. The van der Waals surface area contributed by atoms with Gasteiger partial charge in [0.1, 0.15) is 6.04 Å². The molecule has 0 bridgehead atoms. The number of hydrogen-bond donors (Lipinski definition) is 1. The summed E-state index contributed by atoms with van der Waals surface area (Å²) in [6.07, 6.45) is 1.69. The Morgan fingerprint density at radius 3 is 3.08 bits per heavy atom. The lowest BCUT2D eigenvalue weighted by molar-refractivity contribution is -0.136. The van der Waals surface area contributed by atoms with Crippen molar-refractivity contribution in [3.05, 3.63) is 0 Å². The molecule has 0 aliphatic carbocycles. The minimum absolute atomic E-state index is 0.0490. The second-order valence-electron chi connectivity index (χ2n) is 2.95. The van der Waals surface area contributed by atoms with Crippen LogP contribution in [0.25, 0.3) is 0 Å². The maximum absolute atomic E-state index is 11.4. The average Bonchev–Trinajstić information content (AvgIpc) is 2.53. The van der Waals surface area contributed by atoms with Crippen LogP contribution in [0.5, 0.6) is 0 Å². The van der Waals surface area contributed by atoms with Gasteiger partial charge in [0.2, 0.25) is 11.8 Å². The lowest BCUT2D eigenvalue weighted by Crippen LogP contribution is -2.44. The molecule has 1 saturated heterocycles. The number of carbonyl (C=O) groups excluding carboxylic acids is 2. The number of amides is 2. The molecule has 2 N–H and O–H groups in total. The van der Waals surface area contributed by atoms with Crippen LogP contribution in [0.15, 0.2) is 0 Å². The van der Waals surface area contributed by atoms with Gasteiger partial charge in [-0.1, -0.05) is 6.92 Å². The molecule has 4 nitrogen and oxygen atoms in total. The first-order valence-electron chi connectivity index (χ1n) is 5.08. The zero-order chi connectivity index (χ0) is 10.7. The summed E-state index contributed by atoms with van der Waals surface area (Å²) in [6.45, 7) is 2.34. The minimum atomic E-state index is -0.636. The van der Waals surface area contributed by atoms with Crippen LogP contribution in [0.2, 0.25) is 2.82 Å². The maximum atomic E-state index is 11.4. The molecular weight excluding hydrogens is 156 g/mol. The van der Waals surface area contributed by atoms with Gasteiger partial charge in [0, 0.05) is 13.0 Å². The largest absolute Gasteiger partial charge is 0.368 e. The molecule has 2 amide bonds. The Kier molecular flexibility index (Phi) is 1.91. The van der Waals surface area contributed by atoms with E-state index in [9.17, 15) is 9.59 Å². The van der Waals surface area contributed by atoms with Crippen molar-refractivity contribution in [2.45, 2.75) is 32.2 Å². The molecule has 1 aliphatic rings. The van der Waals surface area contributed by atoms with Gasteiger partial charge >= 0.3 is 0 Å². The maximum Gasteiger partial charge on any atom is 0.240 e. The summed E-state index contributed by atoms with van der Waals surface area (Å²) in [5.41, 5.74) is 0.0553. The van der Waals surface area contributed by atoms with E-state index in [1.165, 1.54) is 4.90 Å². The van der Waals surface area contributed by atoms with Gasteiger partial charge in [0.15, 0.2) is 2.82 Å². The van der Waals surface area contributed by atoms with Crippen molar-refractivity contribution in [1.82, 2.24) is 4.90 Å². The summed E-state index contributed by atoms with van der Waals surface area (Å²) in [7, 11) is 0. The average molecular weight is 172 g/mol. The van der Waals surface area contributed by atoms with Crippen molar-refractivity contribution in [1.29, 1.82) is 0 Å². The molecule has 0 saturated carbocycles. The lowest BCUT2D eigenvalue weighted by atomic mass is 10.2. The molecule has 0 aromatic heterocycles. The summed E-state index contributed by atoms with van der Waals surface area (Å²) in [6, 6.07) is -0.625. The highest BCUT2D eigenvalue weighted by molar-refractivity contribution is 5.87. The minimum Gasteiger partial charge on any atom is -0.368 e. The smallest absolute Gasteiger partial charge is 0.240 e. The highest BCUT2D eigenvalue weighted by Gasteiger charge is 2.29. The molecule has 1 fully saturated rings. The Bertz CT molecular complexity index is 245. The van der Waals surface area contributed by atoms with Crippen molar-refractivity contribution < 1.29 is 12.4 Å². The van der Waals surface area contributed by atoms with Crippen LogP contribution in [0.1, 0.15) is 26.2 Å². The van der Waals surface area contributed by atoms with Gasteiger partial charge in [-0.25, -0.2) is 0 Å².